The van der Waals surface area contributed by atoms with Crippen LogP contribution in [0.3, 0.4) is 0 Å². The molecule has 1 aliphatic carbocycles. The highest BCUT2D eigenvalue weighted by Crippen LogP contribution is 2.36. The van der Waals surface area contributed by atoms with Gasteiger partial charge in [-0.05, 0) is 115 Å². The predicted molar refractivity (Wildman–Crippen MR) is 206 cm³/mol. The standard InChI is InChI=1S/C48H34N2/c1-5-17-35(18-6-1)49(36-19-7-2-8-20-36)39-29-31-45-42-26-14-16-28-44(42)48-34-40(30-32-46(48)41-25-13-15-27-43(41)47(45)33-39)50(37-21-9-3-10-22-37)38-23-11-4-12-24-38/h1-34H. The maximum absolute atomic E-state index is 2.37. The van der Waals surface area contributed by atoms with Gasteiger partial charge < -0.3 is 9.80 Å². The van der Waals surface area contributed by atoms with Gasteiger partial charge in [-0.2, -0.15) is 0 Å². The van der Waals surface area contributed by atoms with Gasteiger partial charge in [0.05, 0.1) is 0 Å². The van der Waals surface area contributed by atoms with Crippen molar-refractivity contribution in [1.82, 2.24) is 0 Å². The molecular formula is C48H34N2. The Kier molecular flexibility index (Phi) is 7.53. The lowest BCUT2D eigenvalue weighted by Gasteiger charge is -2.25. The molecule has 8 aromatic rings. The van der Waals surface area contributed by atoms with Gasteiger partial charge in [0.2, 0.25) is 0 Å². The van der Waals surface area contributed by atoms with Gasteiger partial charge in [-0.25, -0.2) is 0 Å². The summed E-state index contributed by atoms with van der Waals surface area (Å²) in [7, 11) is 0. The van der Waals surface area contributed by atoms with E-state index in [1.807, 2.05) is 0 Å². The molecule has 0 aliphatic heterocycles. The van der Waals surface area contributed by atoms with Crippen LogP contribution in [-0.4, -0.2) is 0 Å². The molecule has 0 heterocycles. The first-order valence-electron chi connectivity index (χ1n) is 17.1. The fraction of sp³-hybridized carbons (Fsp3) is 0. The topological polar surface area (TPSA) is 6.48 Å². The van der Waals surface area contributed by atoms with E-state index in [9.17, 15) is 0 Å². The van der Waals surface area contributed by atoms with E-state index in [2.05, 4.69) is 216 Å². The fourth-order valence-corrected chi connectivity index (χ4v) is 7.37. The summed E-state index contributed by atoms with van der Waals surface area (Å²) in [6.45, 7) is 0. The van der Waals surface area contributed by atoms with Crippen LogP contribution < -0.4 is 9.80 Å². The first-order valence-corrected chi connectivity index (χ1v) is 17.1. The molecule has 0 fully saturated rings. The van der Waals surface area contributed by atoms with Crippen LogP contribution in [0.2, 0.25) is 0 Å². The molecule has 0 unspecified atom stereocenters. The molecule has 2 nitrogen and oxygen atoms in total. The van der Waals surface area contributed by atoms with Gasteiger partial charge in [0.1, 0.15) is 0 Å². The van der Waals surface area contributed by atoms with Crippen molar-refractivity contribution in [3.63, 3.8) is 0 Å². The lowest BCUT2D eigenvalue weighted by atomic mass is 10.0. The van der Waals surface area contributed by atoms with Crippen molar-refractivity contribution in [2.75, 3.05) is 9.80 Å². The molecular weight excluding hydrogens is 605 g/mol. The number of hydrogen-bond donors (Lipinski definition) is 0. The van der Waals surface area contributed by atoms with E-state index in [0.717, 1.165) is 34.1 Å². The van der Waals surface area contributed by atoms with Crippen molar-refractivity contribution in [1.29, 1.82) is 0 Å². The summed E-state index contributed by atoms with van der Waals surface area (Å²) in [5.74, 6) is 0. The molecule has 0 saturated carbocycles. The molecule has 0 amide bonds. The lowest BCUT2D eigenvalue weighted by Crippen LogP contribution is -2.10. The van der Waals surface area contributed by atoms with Crippen molar-refractivity contribution in [3.8, 4) is 0 Å². The van der Waals surface area contributed by atoms with Crippen LogP contribution in [0.25, 0.3) is 0 Å². The minimum absolute atomic E-state index is 1.12. The second-order valence-corrected chi connectivity index (χ2v) is 12.6. The molecule has 0 atom stereocenters. The summed E-state index contributed by atoms with van der Waals surface area (Å²) in [4.78, 5) is 4.69. The Morgan fingerprint density at radius 1 is 0.180 bits per heavy atom. The predicted octanol–water partition coefficient (Wildman–Crippen LogP) is 12.1. The van der Waals surface area contributed by atoms with Crippen LogP contribution >= 0.6 is 0 Å². The minimum Gasteiger partial charge on any atom is -0.310 e. The first kappa shape index (κ1) is 29.5. The number of anilines is 6. The van der Waals surface area contributed by atoms with Gasteiger partial charge in [-0.15, -0.1) is 0 Å². The molecule has 50 heavy (non-hydrogen) atoms. The summed E-state index contributed by atoms with van der Waals surface area (Å²) in [6.07, 6.45) is 0. The zero-order valence-corrected chi connectivity index (χ0v) is 27.5. The van der Waals surface area contributed by atoms with Crippen LogP contribution in [0.4, 0.5) is 34.1 Å². The monoisotopic (exact) mass is 638 g/mol. The van der Waals surface area contributed by atoms with Crippen LogP contribution in [0.1, 0.15) is 0 Å². The largest absolute Gasteiger partial charge is 0.310 e. The Labute approximate surface area is 291 Å². The third-order valence-corrected chi connectivity index (χ3v) is 9.60. The maximum atomic E-state index is 2.37. The SMILES string of the molecule is c1ccc(N(c2ccccc2)c2ccc3c(c2)=c2ccccc2=c2ccc(N(c4ccccc4)c4ccccc4)cc2=c2ccccc2=3)cc1. The zero-order chi connectivity index (χ0) is 33.3. The average Bonchev–Trinajstić information content (AvgIpc) is 3.19. The molecule has 9 rings (SSSR count). The quantitative estimate of drug-likeness (QED) is 0.179. The summed E-state index contributed by atoms with van der Waals surface area (Å²) >= 11 is 0. The highest BCUT2D eigenvalue weighted by molar-refractivity contribution is 5.77. The van der Waals surface area contributed by atoms with Gasteiger partial charge in [-0.1, -0.05) is 133 Å². The lowest BCUT2D eigenvalue weighted by molar-refractivity contribution is 1.23. The normalized spacial score (nSPS) is 11.2. The van der Waals surface area contributed by atoms with E-state index in [4.69, 9.17) is 0 Å². The van der Waals surface area contributed by atoms with Gasteiger partial charge in [0, 0.05) is 34.1 Å². The van der Waals surface area contributed by atoms with E-state index in [1.165, 1.54) is 41.7 Å². The first-order chi connectivity index (χ1) is 24.8. The van der Waals surface area contributed by atoms with E-state index < -0.39 is 0 Å². The molecule has 0 aromatic heterocycles. The van der Waals surface area contributed by atoms with Crippen molar-refractivity contribution < 1.29 is 0 Å². The third kappa shape index (κ3) is 5.24. The minimum atomic E-state index is 1.12. The van der Waals surface area contributed by atoms with Crippen LogP contribution in [0.5, 0.6) is 0 Å². The Morgan fingerprint density at radius 2 is 0.420 bits per heavy atom. The Hall–Kier alpha value is -6.64. The number of nitrogens with zero attached hydrogens (tertiary/aromatic N) is 2. The smallest absolute Gasteiger partial charge is 0.0468 e. The summed E-state index contributed by atoms with van der Waals surface area (Å²) in [6, 6.07) is 74.2. The number of fused-ring (bicyclic) bond motifs is 4. The van der Waals surface area contributed by atoms with E-state index in [1.54, 1.807) is 0 Å². The fourth-order valence-electron chi connectivity index (χ4n) is 7.37. The zero-order valence-electron chi connectivity index (χ0n) is 27.5. The number of benzene rings is 8. The van der Waals surface area contributed by atoms with Gasteiger partial charge in [-0.3, -0.25) is 0 Å². The molecule has 2 heteroatoms. The van der Waals surface area contributed by atoms with E-state index in [0.29, 0.717) is 0 Å². The average molecular weight is 639 g/mol. The van der Waals surface area contributed by atoms with Crippen molar-refractivity contribution in [2.24, 2.45) is 0 Å². The molecule has 0 spiro atoms. The number of rotatable bonds is 6. The van der Waals surface area contributed by atoms with Crippen LogP contribution in [-0.2, 0) is 0 Å². The van der Waals surface area contributed by atoms with Gasteiger partial charge >= 0.3 is 0 Å². The highest BCUT2D eigenvalue weighted by atomic mass is 15.1. The molecule has 8 aromatic carbocycles. The molecule has 0 saturated heterocycles. The second kappa shape index (κ2) is 12.8. The summed E-state index contributed by atoms with van der Waals surface area (Å²) in [5.41, 5.74) is 6.72. The van der Waals surface area contributed by atoms with Gasteiger partial charge in [0.15, 0.2) is 0 Å². The summed E-state index contributed by atoms with van der Waals surface area (Å²) in [5, 5.41) is 9.75. The molecule has 236 valence electrons. The maximum Gasteiger partial charge on any atom is 0.0468 e. The van der Waals surface area contributed by atoms with Crippen LogP contribution in [0, 0.1) is 41.7 Å². The Morgan fingerprint density at radius 3 is 0.720 bits per heavy atom. The Bertz CT molecular complexity index is 2580. The van der Waals surface area contributed by atoms with Crippen molar-refractivity contribution in [2.45, 2.75) is 0 Å². The highest BCUT2D eigenvalue weighted by Gasteiger charge is 2.14. The number of para-hydroxylation sites is 4. The molecule has 0 bridgehead atoms. The van der Waals surface area contributed by atoms with Gasteiger partial charge in [0.25, 0.3) is 0 Å². The van der Waals surface area contributed by atoms with E-state index >= 15 is 0 Å². The number of hydrogen-bond acceptors (Lipinski definition) is 2. The van der Waals surface area contributed by atoms with Crippen molar-refractivity contribution in [3.05, 3.63) is 248 Å². The molecule has 0 N–H and O–H groups in total. The van der Waals surface area contributed by atoms with Crippen LogP contribution in [0.15, 0.2) is 206 Å². The van der Waals surface area contributed by atoms with E-state index in [-0.39, 0.29) is 0 Å². The molecule has 1 aliphatic rings. The summed E-state index contributed by atoms with van der Waals surface area (Å²) < 4.78 is 0. The molecule has 0 radical (unpaired) electrons. The third-order valence-electron chi connectivity index (χ3n) is 9.60. The Balaban J connectivity index is 1.41. The second-order valence-electron chi connectivity index (χ2n) is 12.6. The van der Waals surface area contributed by atoms with Crippen molar-refractivity contribution >= 4 is 34.1 Å².